The minimum absolute atomic E-state index is 0.0242. The number of carbonyl (C=O) groups excluding carboxylic acids is 1. The largest absolute Gasteiger partial charge is 0.469 e. The molecule has 3 heteroatoms. The normalized spacial score (nSPS) is 39.2. The van der Waals surface area contributed by atoms with E-state index < -0.39 is 0 Å². The van der Waals surface area contributed by atoms with Crippen molar-refractivity contribution in [1.82, 2.24) is 4.90 Å². The Labute approximate surface area is 105 Å². The second-order valence-electron chi connectivity index (χ2n) is 5.99. The van der Waals surface area contributed by atoms with E-state index >= 15 is 0 Å². The molecule has 1 saturated heterocycles. The molecule has 0 aromatic heterocycles. The fraction of sp³-hybridized carbons (Fsp3) is 0.929. The van der Waals surface area contributed by atoms with Crippen LogP contribution in [0.2, 0.25) is 0 Å². The van der Waals surface area contributed by atoms with Gasteiger partial charge in [0.2, 0.25) is 0 Å². The Morgan fingerprint density at radius 1 is 1.24 bits per heavy atom. The van der Waals surface area contributed by atoms with Gasteiger partial charge in [0, 0.05) is 19.1 Å². The number of hydrogen-bond acceptors (Lipinski definition) is 3. The molecule has 0 aromatic carbocycles. The molecule has 0 radical (unpaired) electrons. The van der Waals surface area contributed by atoms with Crippen molar-refractivity contribution in [2.24, 2.45) is 17.8 Å². The Bertz CT molecular complexity index is 279. The van der Waals surface area contributed by atoms with Crippen LogP contribution in [0.4, 0.5) is 0 Å². The molecule has 98 valence electrons. The smallest absolute Gasteiger partial charge is 0.310 e. The zero-order valence-electron chi connectivity index (χ0n) is 11.3. The number of hydrogen-bond donors (Lipinski definition) is 0. The Hall–Kier alpha value is -0.570. The summed E-state index contributed by atoms with van der Waals surface area (Å²) in [5.74, 6) is 1.36. The molecule has 2 aliphatic rings. The van der Waals surface area contributed by atoms with Gasteiger partial charge in [-0.25, -0.2) is 0 Å². The summed E-state index contributed by atoms with van der Waals surface area (Å²) >= 11 is 0. The number of methoxy groups -OCH3 is 1. The third-order valence-corrected chi connectivity index (χ3v) is 4.57. The quantitative estimate of drug-likeness (QED) is 0.693. The first-order chi connectivity index (χ1) is 8.11. The van der Waals surface area contributed by atoms with Crippen molar-refractivity contribution < 1.29 is 9.53 Å². The highest BCUT2D eigenvalue weighted by atomic mass is 16.5. The zero-order chi connectivity index (χ0) is 12.4. The summed E-state index contributed by atoms with van der Waals surface area (Å²) in [6.07, 6.45) is 5.34. The molecule has 0 aromatic rings. The van der Waals surface area contributed by atoms with Crippen LogP contribution in [0.1, 0.15) is 39.5 Å². The van der Waals surface area contributed by atoms with Crippen LogP contribution < -0.4 is 0 Å². The van der Waals surface area contributed by atoms with Gasteiger partial charge in [0.15, 0.2) is 0 Å². The molecular weight excluding hydrogens is 214 g/mol. The van der Waals surface area contributed by atoms with Crippen molar-refractivity contribution in [1.29, 1.82) is 0 Å². The molecule has 2 fully saturated rings. The topological polar surface area (TPSA) is 29.5 Å². The van der Waals surface area contributed by atoms with Gasteiger partial charge in [-0.05, 0) is 24.7 Å². The van der Waals surface area contributed by atoms with E-state index in [0.29, 0.717) is 12.0 Å². The van der Waals surface area contributed by atoms with E-state index in [-0.39, 0.29) is 11.9 Å². The Balaban J connectivity index is 1.93. The second kappa shape index (κ2) is 5.38. The summed E-state index contributed by atoms with van der Waals surface area (Å²) in [4.78, 5) is 14.2. The first-order valence-electron chi connectivity index (χ1n) is 6.93. The molecule has 4 atom stereocenters. The van der Waals surface area contributed by atoms with Crippen molar-refractivity contribution in [3.05, 3.63) is 0 Å². The number of nitrogens with zero attached hydrogens (tertiary/aromatic N) is 1. The molecule has 1 aliphatic heterocycles. The van der Waals surface area contributed by atoms with E-state index in [2.05, 4.69) is 18.7 Å². The molecule has 17 heavy (non-hydrogen) atoms. The van der Waals surface area contributed by atoms with Gasteiger partial charge in [-0.1, -0.05) is 26.7 Å². The van der Waals surface area contributed by atoms with Crippen molar-refractivity contribution in [3.63, 3.8) is 0 Å². The lowest BCUT2D eigenvalue weighted by molar-refractivity contribution is -0.146. The molecule has 0 amide bonds. The van der Waals surface area contributed by atoms with Crippen LogP contribution in [0.15, 0.2) is 0 Å². The van der Waals surface area contributed by atoms with E-state index in [1.165, 1.54) is 32.8 Å². The molecule has 0 spiro atoms. The minimum atomic E-state index is -0.0242. The van der Waals surface area contributed by atoms with Crippen molar-refractivity contribution in [3.8, 4) is 0 Å². The summed E-state index contributed by atoms with van der Waals surface area (Å²) in [6.45, 7) is 6.50. The van der Waals surface area contributed by atoms with E-state index in [1.807, 2.05) is 0 Å². The fourth-order valence-corrected chi connectivity index (χ4v) is 3.49. The van der Waals surface area contributed by atoms with Crippen LogP contribution in [-0.2, 0) is 9.53 Å². The summed E-state index contributed by atoms with van der Waals surface area (Å²) < 4.78 is 4.90. The monoisotopic (exact) mass is 239 g/mol. The highest BCUT2D eigenvalue weighted by Gasteiger charge is 2.39. The van der Waals surface area contributed by atoms with Gasteiger partial charge in [0.05, 0.1) is 13.0 Å². The van der Waals surface area contributed by atoms with Gasteiger partial charge in [-0.3, -0.25) is 9.69 Å². The number of ether oxygens (including phenoxy) is 1. The van der Waals surface area contributed by atoms with E-state index in [4.69, 9.17) is 4.74 Å². The van der Waals surface area contributed by atoms with E-state index in [0.717, 1.165) is 19.0 Å². The third-order valence-electron chi connectivity index (χ3n) is 4.57. The van der Waals surface area contributed by atoms with Gasteiger partial charge in [-0.2, -0.15) is 0 Å². The zero-order valence-corrected chi connectivity index (χ0v) is 11.3. The van der Waals surface area contributed by atoms with Crippen LogP contribution in [-0.4, -0.2) is 37.1 Å². The summed E-state index contributed by atoms with van der Waals surface area (Å²) in [7, 11) is 1.50. The van der Waals surface area contributed by atoms with Gasteiger partial charge in [0.1, 0.15) is 0 Å². The van der Waals surface area contributed by atoms with Gasteiger partial charge in [-0.15, -0.1) is 0 Å². The SMILES string of the molecule is COC(=O)C1CN(C2CCCC(C)C2)CC1C. The van der Waals surface area contributed by atoms with Crippen LogP contribution in [0.25, 0.3) is 0 Å². The van der Waals surface area contributed by atoms with E-state index in [1.54, 1.807) is 0 Å². The number of carbonyl (C=O) groups is 1. The lowest BCUT2D eigenvalue weighted by Crippen LogP contribution is -2.37. The van der Waals surface area contributed by atoms with Crippen molar-refractivity contribution in [2.45, 2.75) is 45.6 Å². The molecule has 1 saturated carbocycles. The standard InChI is InChI=1S/C14H25NO2/c1-10-5-4-6-12(7-10)15-8-11(2)13(9-15)14(16)17-3/h10-13H,4-9H2,1-3H3. The van der Waals surface area contributed by atoms with Crippen LogP contribution in [0.3, 0.4) is 0 Å². The van der Waals surface area contributed by atoms with Gasteiger partial charge in [0.25, 0.3) is 0 Å². The number of likely N-dealkylation sites (tertiary alicyclic amines) is 1. The molecule has 1 heterocycles. The molecule has 2 rings (SSSR count). The molecule has 4 unspecified atom stereocenters. The Kier molecular flexibility index (Phi) is 4.08. The summed E-state index contributed by atoms with van der Waals surface area (Å²) in [6, 6.07) is 0.704. The predicted octanol–water partition coefficient (Wildman–Crippen LogP) is 2.31. The average Bonchev–Trinajstić information content (AvgIpc) is 2.70. The molecule has 0 N–H and O–H groups in total. The predicted molar refractivity (Wildman–Crippen MR) is 67.7 cm³/mol. The van der Waals surface area contributed by atoms with Crippen LogP contribution >= 0.6 is 0 Å². The van der Waals surface area contributed by atoms with Gasteiger partial charge < -0.3 is 4.74 Å². The van der Waals surface area contributed by atoms with Crippen molar-refractivity contribution >= 4 is 5.97 Å². The average molecular weight is 239 g/mol. The van der Waals surface area contributed by atoms with E-state index in [9.17, 15) is 4.79 Å². The molecule has 3 nitrogen and oxygen atoms in total. The minimum Gasteiger partial charge on any atom is -0.469 e. The highest BCUT2D eigenvalue weighted by Crippen LogP contribution is 2.33. The third kappa shape index (κ3) is 2.82. The maximum Gasteiger partial charge on any atom is 0.310 e. The van der Waals surface area contributed by atoms with Crippen LogP contribution in [0.5, 0.6) is 0 Å². The highest BCUT2D eigenvalue weighted by molar-refractivity contribution is 5.73. The first kappa shape index (κ1) is 12.9. The summed E-state index contributed by atoms with van der Waals surface area (Å²) in [5.41, 5.74) is 0. The lowest BCUT2D eigenvalue weighted by Gasteiger charge is -2.34. The maximum atomic E-state index is 11.7. The Morgan fingerprint density at radius 2 is 2.00 bits per heavy atom. The van der Waals surface area contributed by atoms with Crippen molar-refractivity contribution in [2.75, 3.05) is 20.2 Å². The first-order valence-corrected chi connectivity index (χ1v) is 6.93. The van der Waals surface area contributed by atoms with Gasteiger partial charge >= 0.3 is 5.97 Å². The molecule has 0 bridgehead atoms. The second-order valence-corrected chi connectivity index (χ2v) is 5.99. The molecular formula is C14H25NO2. The fourth-order valence-electron chi connectivity index (χ4n) is 3.49. The number of rotatable bonds is 2. The maximum absolute atomic E-state index is 11.7. The summed E-state index contributed by atoms with van der Waals surface area (Å²) in [5, 5.41) is 0. The van der Waals surface area contributed by atoms with Crippen LogP contribution in [0, 0.1) is 17.8 Å². The number of esters is 1. The molecule has 1 aliphatic carbocycles. The lowest BCUT2D eigenvalue weighted by atomic mass is 9.86. The Morgan fingerprint density at radius 3 is 2.65 bits per heavy atom.